The summed E-state index contributed by atoms with van der Waals surface area (Å²) in [6, 6.07) is 17.5. The fourth-order valence-corrected chi connectivity index (χ4v) is 3.69. The number of nitrogens with zero attached hydrogens (tertiary/aromatic N) is 5. The summed E-state index contributed by atoms with van der Waals surface area (Å²) >= 11 is 6.42. The van der Waals surface area contributed by atoms with Crippen LogP contribution in [0.15, 0.2) is 70.4 Å². The van der Waals surface area contributed by atoms with E-state index in [4.69, 9.17) is 21.6 Å². The minimum atomic E-state index is -0.643. The van der Waals surface area contributed by atoms with Crippen molar-refractivity contribution in [2.45, 2.75) is 33.4 Å². The average molecular weight is 503 g/mol. The molecule has 0 fully saturated rings. The molecule has 0 spiro atoms. The predicted octanol–water partition coefficient (Wildman–Crippen LogP) is 4.80. The maximum atomic E-state index is 13.3. The fourth-order valence-electron chi connectivity index (χ4n) is 3.47. The smallest absolute Gasteiger partial charge is 0.355 e. The van der Waals surface area contributed by atoms with Gasteiger partial charge in [-0.2, -0.15) is 10.2 Å². The molecule has 182 valence electrons. The summed E-state index contributed by atoms with van der Waals surface area (Å²) in [6.07, 6.45) is 1.40. The second-order valence-electron chi connectivity index (χ2n) is 8.41. The standard InChI is InChI=1S/C26H23ClN6O3/c1-16(2)33-25(34)31-24(32(26(33)35)15-18-6-4-17(3)5-7-18)30-20-9-10-22(21(27)12-20)36-23-11-8-19(13-28)14-29-23/h4-12,14,16H,15H2,1-3H3,(H,30,31,34). The summed E-state index contributed by atoms with van der Waals surface area (Å²) in [7, 11) is 0. The lowest BCUT2D eigenvalue weighted by molar-refractivity contribution is 0.463. The molecule has 2 aromatic carbocycles. The van der Waals surface area contributed by atoms with E-state index in [0.29, 0.717) is 17.0 Å². The summed E-state index contributed by atoms with van der Waals surface area (Å²) in [5.41, 5.74) is 1.80. The SMILES string of the molecule is Cc1ccc(Cn2c(Nc3ccc(Oc4ccc(C#N)cn4)c(Cl)c3)nc(=O)n(C(C)C)c2=O)cc1. The lowest BCUT2D eigenvalue weighted by Crippen LogP contribution is -2.43. The van der Waals surface area contributed by atoms with Crippen molar-refractivity contribution in [1.29, 1.82) is 5.26 Å². The van der Waals surface area contributed by atoms with Gasteiger partial charge in [0, 0.05) is 24.0 Å². The zero-order valence-corrected chi connectivity index (χ0v) is 20.7. The van der Waals surface area contributed by atoms with Gasteiger partial charge in [-0.1, -0.05) is 41.4 Å². The maximum Gasteiger partial charge on any atom is 0.355 e. The number of halogens is 1. The third-order valence-electron chi connectivity index (χ3n) is 5.35. The molecular weight excluding hydrogens is 480 g/mol. The predicted molar refractivity (Wildman–Crippen MR) is 137 cm³/mol. The molecule has 0 aliphatic carbocycles. The van der Waals surface area contributed by atoms with Crippen LogP contribution in [0.25, 0.3) is 0 Å². The number of nitrogens with one attached hydrogen (secondary N) is 1. The number of aryl methyl sites for hydroxylation is 1. The molecule has 1 N–H and O–H groups in total. The minimum Gasteiger partial charge on any atom is -0.437 e. The van der Waals surface area contributed by atoms with Crippen LogP contribution in [0.2, 0.25) is 5.02 Å². The number of anilines is 2. The average Bonchev–Trinajstić information content (AvgIpc) is 2.84. The lowest BCUT2D eigenvalue weighted by atomic mass is 10.1. The van der Waals surface area contributed by atoms with Gasteiger partial charge in [-0.3, -0.25) is 4.57 Å². The first-order valence-corrected chi connectivity index (χ1v) is 11.5. The highest BCUT2D eigenvalue weighted by molar-refractivity contribution is 6.32. The largest absolute Gasteiger partial charge is 0.437 e. The van der Waals surface area contributed by atoms with Gasteiger partial charge in [0.2, 0.25) is 11.8 Å². The molecule has 36 heavy (non-hydrogen) atoms. The summed E-state index contributed by atoms with van der Waals surface area (Å²) in [5.74, 6) is 0.725. The van der Waals surface area contributed by atoms with Gasteiger partial charge >= 0.3 is 11.4 Å². The van der Waals surface area contributed by atoms with Gasteiger partial charge in [0.1, 0.15) is 11.8 Å². The molecule has 9 nitrogen and oxygen atoms in total. The lowest BCUT2D eigenvalue weighted by Gasteiger charge is -2.17. The van der Waals surface area contributed by atoms with Crippen molar-refractivity contribution in [2.24, 2.45) is 0 Å². The first-order valence-electron chi connectivity index (χ1n) is 11.1. The summed E-state index contributed by atoms with van der Waals surface area (Å²) in [6.45, 7) is 5.72. The highest BCUT2D eigenvalue weighted by Gasteiger charge is 2.16. The minimum absolute atomic E-state index is 0.0981. The van der Waals surface area contributed by atoms with E-state index in [1.165, 1.54) is 10.8 Å². The second-order valence-corrected chi connectivity index (χ2v) is 8.81. The molecule has 0 atom stereocenters. The van der Waals surface area contributed by atoms with Gasteiger partial charge in [-0.25, -0.2) is 19.1 Å². The van der Waals surface area contributed by atoms with Crippen LogP contribution in [0.4, 0.5) is 11.6 Å². The van der Waals surface area contributed by atoms with Crippen molar-refractivity contribution in [3.8, 4) is 17.7 Å². The van der Waals surface area contributed by atoms with Gasteiger partial charge in [-0.05, 0) is 50.6 Å². The van der Waals surface area contributed by atoms with Gasteiger partial charge in [0.25, 0.3) is 0 Å². The first kappa shape index (κ1) is 24.7. The molecule has 0 aliphatic heterocycles. The molecule has 2 heterocycles. The second kappa shape index (κ2) is 10.5. The van der Waals surface area contributed by atoms with Gasteiger partial charge < -0.3 is 10.1 Å². The highest BCUT2D eigenvalue weighted by Crippen LogP contribution is 2.31. The molecule has 4 aromatic rings. The van der Waals surface area contributed by atoms with E-state index >= 15 is 0 Å². The fraction of sp³-hybridized carbons (Fsp3) is 0.192. The number of nitriles is 1. The van der Waals surface area contributed by atoms with Crippen LogP contribution in [0.5, 0.6) is 11.6 Å². The number of hydrogen-bond acceptors (Lipinski definition) is 7. The van der Waals surface area contributed by atoms with Crippen LogP contribution >= 0.6 is 11.6 Å². The van der Waals surface area contributed by atoms with Crippen molar-refractivity contribution >= 4 is 23.2 Å². The molecule has 0 aliphatic rings. The molecule has 0 amide bonds. The Labute approximate surface area is 212 Å². The van der Waals surface area contributed by atoms with Gasteiger partial charge in [-0.15, -0.1) is 0 Å². The molecule has 0 radical (unpaired) electrons. The van der Waals surface area contributed by atoms with E-state index in [-0.39, 0.29) is 29.4 Å². The molecule has 0 unspecified atom stereocenters. The van der Waals surface area contributed by atoms with Crippen LogP contribution in [0, 0.1) is 18.3 Å². The van der Waals surface area contributed by atoms with Crippen molar-refractivity contribution in [3.63, 3.8) is 0 Å². The maximum absolute atomic E-state index is 13.3. The molecule has 4 rings (SSSR count). The molecule has 10 heteroatoms. The van der Waals surface area contributed by atoms with E-state index in [1.807, 2.05) is 37.3 Å². The van der Waals surface area contributed by atoms with Gasteiger partial charge in [0.15, 0.2) is 0 Å². The Morgan fingerprint density at radius 2 is 1.86 bits per heavy atom. The van der Waals surface area contributed by atoms with Crippen LogP contribution in [-0.2, 0) is 6.54 Å². The number of pyridine rings is 1. The van der Waals surface area contributed by atoms with Gasteiger partial charge in [0.05, 0.1) is 17.1 Å². The summed E-state index contributed by atoms with van der Waals surface area (Å²) < 4.78 is 8.24. The molecule has 0 saturated carbocycles. The topological polar surface area (TPSA) is 115 Å². The quantitative estimate of drug-likeness (QED) is 0.386. The van der Waals surface area contributed by atoms with E-state index in [9.17, 15) is 9.59 Å². The van der Waals surface area contributed by atoms with Crippen LogP contribution < -0.4 is 21.4 Å². The Balaban J connectivity index is 1.66. The number of rotatable bonds is 7. The monoisotopic (exact) mass is 502 g/mol. The van der Waals surface area contributed by atoms with Crippen LogP contribution in [0.1, 0.15) is 36.6 Å². The van der Waals surface area contributed by atoms with Crippen LogP contribution in [-0.4, -0.2) is 19.1 Å². The Morgan fingerprint density at radius 1 is 1.11 bits per heavy atom. The third-order valence-corrected chi connectivity index (χ3v) is 5.64. The van der Waals surface area contributed by atoms with Crippen molar-refractivity contribution in [2.75, 3.05) is 5.32 Å². The zero-order valence-electron chi connectivity index (χ0n) is 19.9. The molecule has 0 saturated heterocycles. The van der Waals surface area contributed by atoms with Crippen molar-refractivity contribution in [1.82, 2.24) is 19.1 Å². The highest BCUT2D eigenvalue weighted by atomic mass is 35.5. The number of benzene rings is 2. The third kappa shape index (κ3) is 5.45. The Morgan fingerprint density at radius 3 is 2.47 bits per heavy atom. The Kier molecular flexibility index (Phi) is 7.17. The Bertz CT molecular complexity index is 1550. The van der Waals surface area contributed by atoms with E-state index in [1.54, 1.807) is 44.2 Å². The summed E-state index contributed by atoms with van der Waals surface area (Å²) in [4.78, 5) is 34.1. The van der Waals surface area contributed by atoms with E-state index in [0.717, 1.165) is 15.7 Å². The Hall–Kier alpha value is -4.42. The summed E-state index contributed by atoms with van der Waals surface area (Å²) in [5, 5.41) is 12.2. The molecular formula is C26H23ClN6O3. The number of ether oxygens (including phenoxy) is 1. The van der Waals surface area contributed by atoms with E-state index < -0.39 is 11.4 Å². The first-order chi connectivity index (χ1) is 17.2. The normalized spacial score (nSPS) is 10.8. The van der Waals surface area contributed by atoms with E-state index in [2.05, 4.69) is 15.3 Å². The van der Waals surface area contributed by atoms with Crippen molar-refractivity contribution < 1.29 is 4.74 Å². The van der Waals surface area contributed by atoms with Crippen LogP contribution in [0.3, 0.4) is 0 Å². The molecule has 0 bridgehead atoms. The molecule has 2 aromatic heterocycles. The van der Waals surface area contributed by atoms with Crippen molar-refractivity contribution in [3.05, 3.63) is 103 Å². The number of hydrogen-bond donors (Lipinski definition) is 1. The zero-order chi connectivity index (χ0) is 25.8. The number of aromatic nitrogens is 4.